The largest absolute Gasteiger partial charge is 0.497 e. The lowest BCUT2D eigenvalue weighted by Crippen LogP contribution is -1.99. The van der Waals surface area contributed by atoms with Gasteiger partial charge >= 0.3 is 0 Å². The summed E-state index contributed by atoms with van der Waals surface area (Å²) in [7, 11) is 1.63. The molecule has 0 aliphatic rings. The quantitative estimate of drug-likeness (QED) is 0.680. The van der Waals surface area contributed by atoms with E-state index in [4.69, 9.17) is 4.74 Å². The second-order valence-electron chi connectivity index (χ2n) is 5.14. The summed E-state index contributed by atoms with van der Waals surface area (Å²) in [5.41, 5.74) is 4.24. The van der Waals surface area contributed by atoms with Gasteiger partial charge in [-0.1, -0.05) is 24.3 Å². The molecule has 3 rings (SSSR count). The van der Waals surface area contributed by atoms with Crippen LogP contribution in [0.5, 0.6) is 5.75 Å². The van der Waals surface area contributed by atoms with Gasteiger partial charge in [-0.15, -0.1) is 0 Å². The number of ether oxygens (including phenoxy) is 1. The van der Waals surface area contributed by atoms with E-state index in [1.165, 1.54) is 11.1 Å². The van der Waals surface area contributed by atoms with E-state index in [1.807, 2.05) is 36.5 Å². The van der Waals surface area contributed by atoms with Gasteiger partial charge in [0.25, 0.3) is 0 Å². The molecule has 0 aliphatic carbocycles. The number of hydrogen-bond donors (Lipinski definition) is 0. The van der Waals surface area contributed by atoms with Gasteiger partial charge in [0.2, 0.25) is 0 Å². The van der Waals surface area contributed by atoms with Crippen LogP contribution in [0.25, 0.3) is 10.9 Å². The van der Waals surface area contributed by atoms with E-state index in [2.05, 4.69) is 23.6 Å². The second kappa shape index (κ2) is 5.44. The Bertz CT molecular complexity index is 802. The second-order valence-corrected chi connectivity index (χ2v) is 5.14. The maximum atomic E-state index is 11.3. The SMILES string of the molecule is COc1ccc2c(c1)c(C=O)cn2Cc1ccccc1C. The van der Waals surface area contributed by atoms with Crippen molar-refractivity contribution in [2.45, 2.75) is 13.5 Å². The number of fused-ring (bicyclic) bond motifs is 1. The molecular weight excluding hydrogens is 262 g/mol. The first-order valence-corrected chi connectivity index (χ1v) is 6.89. The third kappa shape index (κ3) is 2.42. The summed E-state index contributed by atoms with van der Waals surface area (Å²) in [4.78, 5) is 11.3. The van der Waals surface area contributed by atoms with Gasteiger partial charge in [-0.2, -0.15) is 0 Å². The van der Waals surface area contributed by atoms with Crippen LogP contribution >= 0.6 is 0 Å². The maximum absolute atomic E-state index is 11.3. The molecule has 0 fully saturated rings. The van der Waals surface area contributed by atoms with Crippen molar-refractivity contribution in [1.29, 1.82) is 0 Å². The average molecular weight is 279 g/mol. The summed E-state index contributed by atoms with van der Waals surface area (Å²) >= 11 is 0. The molecule has 0 radical (unpaired) electrons. The lowest BCUT2D eigenvalue weighted by Gasteiger charge is -2.08. The minimum Gasteiger partial charge on any atom is -0.497 e. The lowest BCUT2D eigenvalue weighted by atomic mass is 10.1. The van der Waals surface area contributed by atoms with Crippen LogP contribution in [0.1, 0.15) is 21.5 Å². The van der Waals surface area contributed by atoms with Crippen LogP contribution < -0.4 is 4.74 Å². The summed E-state index contributed by atoms with van der Waals surface area (Å²) in [6.45, 7) is 2.86. The third-order valence-corrected chi connectivity index (χ3v) is 3.85. The predicted octanol–water partition coefficient (Wildman–Crippen LogP) is 3.82. The molecule has 2 aromatic carbocycles. The Labute approximate surface area is 123 Å². The highest BCUT2D eigenvalue weighted by Gasteiger charge is 2.10. The first kappa shape index (κ1) is 13.4. The molecule has 0 bridgehead atoms. The van der Waals surface area contributed by atoms with Gasteiger partial charge in [-0.25, -0.2) is 0 Å². The molecule has 1 aromatic heterocycles. The summed E-state index contributed by atoms with van der Waals surface area (Å²) in [5.74, 6) is 0.763. The van der Waals surface area contributed by atoms with Crippen molar-refractivity contribution in [1.82, 2.24) is 4.57 Å². The molecule has 0 saturated heterocycles. The van der Waals surface area contributed by atoms with Crippen LogP contribution in [0.15, 0.2) is 48.7 Å². The number of benzene rings is 2. The Morgan fingerprint density at radius 3 is 2.71 bits per heavy atom. The number of aldehydes is 1. The summed E-state index contributed by atoms with van der Waals surface area (Å²) in [6, 6.07) is 14.1. The topological polar surface area (TPSA) is 31.2 Å². The van der Waals surface area contributed by atoms with Gasteiger partial charge in [0, 0.05) is 29.2 Å². The Morgan fingerprint density at radius 1 is 1.19 bits per heavy atom. The molecule has 3 nitrogen and oxygen atoms in total. The number of methoxy groups -OCH3 is 1. The molecule has 0 unspecified atom stereocenters. The van der Waals surface area contributed by atoms with E-state index in [9.17, 15) is 4.79 Å². The van der Waals surface area contributed by atoms with Crippen molar-refractivity contribution in [3.05, 3.63) is 65.4 Å². The normalized spacial score (nSPS) is 10.8. The van der Waals surface area contributed by atoms with Crippen molar-refractivity contribution < 1.29 is 9.53 Å². The fourth-order valence-corrected chi connectivity index (χ4v) is 2.63. The molecule has 0 saturated carbocycles. The van der Waals surface area contributed by atoms with E-state index in [0.29, 0.717) is 5.56 Å². The zero-order chi connectivity index (χ0) is 14.8. The van der Waals surface area contributed by atoms with Gasteiger partial charge in [0.1, 0.15) is 5.75 Å². The number of nitrogens with zero attached hydrogens (tertiary/aromatic N) is 1. The van der Waals surface area contributed by atoms with Crippen molar-refractivity contribution in [3.8, 4) is 5.75 Å². The number of carbonyl (C=O) groups excluding carboxylic acids is 1. The Morgan fingerprint density at radius 2 is 2.00 bits per heavy atom. The van der Waals surface area contributed by atoms with Crippen LogP contribution in [0.4, 0.5) is 0 Å². The van der Waals surface area contributed by atoms with Gasteiger partial charge in [-0.3, -0.25) is 4.79 Å². The number of carbonyl (C=O) groups is 1. The highest BCUT2D eigenvalue weighted by Crippen LogP contribution is 2.26. The zero-order valence-corrected chi connectivity index (χ0v) is 12.2. The number of hydrogen-bond acceptors (Lipinski definition) is 2. The molecule has 0 amide bonds. The van der Waals surface area contributed by atoms with Crippen LogP contribution in [0.3, 0.4) is 0 Å². The summed E-state index contributed by atoms with van der Waals surface area (Å²) in [5, 5.41) is 0.929. The Hall–Kier alpha value is -2.55. The van der Waals surface area contributed by atoms with Crippen LogP contribution in [0.2, 0.25) is 0 Å². The molecule has 106 valence electrons. The Balaban J connectivity index is 2.11. The fourth-order valence-electron chi connectivity index (χ4n) is 2.63. The number of aryl methyl sites for hydroxylation is 1. The molecule has 0 spiro atoms. The average Bonchev–Trinajstić information content (AvgIpc) is 2.86. The standard InChI is InChI=1S/C18H17NO2/c1-13-5-3-4-6-14(13)10-19-11-15(12-20)17-9-16(21-2)7-8-18(17)19/h3-9,11-12H,10H2,1-2H3. The highest BCUT2D eigenvalue weighted by atomic mass is 16.5. The van der Waals surface area contributed by atoms with E-state index < -0.39 is 0 Å². The smallest absolute Gasteiger partial charge is 0.152 e. The molecule has 3 heteroatoms. The minimum absolute atomic E-state index is 0.692. The lowest BCUT2D eigenvalue weighted by molar-refractivity contribution is 0.112. The van der Waals surface area contributed by atoms with Gasteiger partial charge in [-0.05, 0) is 36.2 Å². The van der Waals surface area contributed by atoms with Crippen molar-refractivity contribution in [3.63, 3.8) is 0 Å². The van der Waals surface area contributed by atoms with Gasteiger partial charge < -0.3 is 9.30 Å². The Kier molecular flexibility index (Phi) is 3.48. The molecule has 0 atom stereocenters. The van der Waals surface area contributed by atoms with E-state index in [0.717, 1.165) is 29.5 Å². The molecular formula is C18H17NO2. The monoisotopic (exact) mass is 279 g/mol. The van der Waals surface area contributed by atoms with Crippen LogP contribution in [-0.2, 0) is 6.54 Å². The molecule has 3 aromatic rings. The molecule has 0 aliphatic heterocycles. The number of rotatable bonds is 4. The van der Waals surface area contributed by atoms with Gasteiger partial charge in [0.15, 0.2) is 6.29 Å². The molecule has 21 heavy (non-hydrogen) atoms. The van der Waals surface area contributed by atoms with E-state index in [1.54, 1.807) is 7.11 Å². The molecule has 0 N–H and O–H groups in total. The minimum atomic E-state index is 0.692. The number of aromatic nitrogens is 1. The summed E-state index contributed by atoms with van der Waals surface area (Å²) < 4.78 is 7.36. The fraction of sp³-hybridized carbons (Fsp3) is 0.167. The zero-order valence-electron chi connectivity index (χ0n) is 12.2. The van der Waals surface area contributed by atoms with E-state index in [-0.39, 0.29) is 0 Å². The van der Waals surface area contributed by atoms with E-state index >= 15 is 0 Å². The van der Waals surface area contributed by atoms with Crippen molar-refractivity contribution in [2.24, 2.45) is 0 Å². The molecule has 1 heterocycles. The van der Waals surface area contributed by atoms with Crippen LogP contribution in [0, 0.1) is 6.92 Å². The maximum Gasteiger partial charge on any atom is 0.152 e. The first-order valence-electron chi connectivity index (χ1n) is 6.89. The van der Waals surface area contributed by atoms with Crippen molar-refractivity contribution >= 4 is 17.2 Å². The first-order chi connectivity index (χ1) is 10.2. The van der Waals surface area contributed by atoms with Gasteiger partial charge in [0.05, 0.1) is 7.11 Å². The summed E-state index contributed by atoms with van der Waals surface area (Å²) in [6.07, 6.45) is 2.81. The van der Waals surface area contributed by atoms with Crippen LogP contribution in [-0.4, -0.2) is 18.0 Å². The third-order valence-electron chi connectivity index (χ3n) is 3.85. The van der Waals surface area contributed by atoms with Crippen molar-refractivity contribution in [2.75, 3.05) is 7.11 Å². The highest BCUT2D eigenvalue weighted by molar-refractivity contribution is 5.98. The predicted molar refractivity (Wildman–Crippen MR) is 84.2 cm³/mol.